The van der Waals surface area contributed by atoms with Crippen LogP contribution in [0.25, 0.3) is 11.3 Å². The number of aliphatic hydroxyl groups is 1. The van der Waals surface area contributed by atoms with Gasteiger partial charge < -0.3 is 15.6 Å². The van der Waals surface area contributed by atoms with Gasteiger partial charge in [0.15, 0.2) is 0 Å². The first-order valence-electron chi connectivity index (χ1n) is 12.8. The summed E-state index contributed by atoms with van der Waals surface area (Å²) in [4.78, 5) is 10.0. The van der Waals surface area contributed by atoms with Crippen LogP contribution in [-0.2, 0) is 17.8 Å². The molecule has 0 aliphatic carbocycles. The first-order valence-corrected chi connectivity index (χ1v) is 12.8. The summed E-state index contributed by atoms with van der Waals surface area (Å²) in [5, 5.41) is 12.7. The molecule has 0 aliphatic heterocycles. The Morgan fingerprint density at radius 2 is 1.72 bits per heavy atom. The maximum Gasteiger partial charge on any atom is 0.119 e. The number of hydrogen-bond donors (Lipinski definition) is 3. The van der Waals surface area contributed by atoms with Crippen molar-refractivity contribution in [3.8, 4) is 17.0 Å². The van der Waals surface area contributed by atoms with Gasteiger partial charge in [0.25, 0.3) is 0 Å². The number of aliphatic hydroxyl groups excluding tert-OH is 1. The second-order valence-corrected chi connectivity index (χ2v) is 9.33. The topological polar surface area (TPSA) is 92.9 Å². The van der Waals surface area contributed by atoms with Crippen LogP contribution in [0.15, 0.2) is 72.9 Å². The number of nitrogens with one attached hydrogen (secondary N) is 1. The Bertz CT molecular complexity index is 997. The van der Waals surface area contributed by atoms with Crippen molar-refractivity contribution >= 4 is 0 Å². The van der Waals surface area contributed by atoms with Gasteiger partial charge in [0.2, 0.25) is 0 Å². The SMILES string of the molecule is CCCCOc1ccc(CC(N)C(O)CN(Cc2ccc(-c3ccccn3)cc2)NOC(C)C)cc1. The van der Waals surface area contributed by atoms with Crippen molar-refractivity contribution < 1.29 is 14.7 Å². The van der Waals surface area contributed by atoms with E-state index in [2.05, 4.69) is 41.8 Å². The Labute approximate surface area is 215 Å². The predicted octanol–water partition coefficient (Wildman–Crippen LogP) is 4.51. The second-order valence-electron chi connectivity index (χ2n) is 9.33. The number of hydrogen-bond acceptors (Lipinski definition) is 7. The Hall–Kier alpha value is -2.81. The molecule has 0 aliphatic rings. The minimum Gasteiger partial charge on any atom is -0.494 e. The molecule has 2 unspecified atom stereocenters. The van der Waals surface area contributed by atoms with E-state index in [1.165, 1.54) is 0 Å². The third kappa shape index (κ3) is 9.33. The molecule has 0 fully saturated rings. The van der Waals surface area contributed by atoms with E-state index in [-0.39, 0.29) is 6.10 Å². The highest BCUT2D eigenvalue weighted by Gasteiger charge is 2.20. The minimum atomic E-state index is -0.749. The lowest BCUT2D eigenvalue weighted by Crippen LogP contribution is -2.49. The molecule has 194 valence electrons. The van der Waals surface area contributed by atoms with Crippen molar-refractivity contribution in [3.63, 3.8) is 0 Å². The molecule has 1 aromatic heterocycles. The van der Waals surface area contributed by atoms with Gasteiger partial charge in [-0.3, -0.25) is 9.82 Å². The first-order chi connectivity index (χ1) is 17.4. The van der Waals surface area contributed by atoms with Gasteiger partial charge in [-0.25, -0.2) is 5.01 Å². The summed E-state index contributed by atoms with van der Waals surface area (Å²) in [7, 11) is 0. The van der Waals surface area contributed by atoms with E-state index in [0.717, 1.165) is 47.6 Å². The first kappa shape index (κ1) is 27.8. The van der Waals surface area contributed by atoms with E-state index >= 15 is 0 Å². The van der Waals surface area contributed by atoms with Crippen LogP contribution in [-0.4, -0.2) is 46.5 Å². The van der Waals surface area contributed by atoms with Gasteiger partial charge in [0, 0.05) is 30.9 Å². The highest BCUT2D eigenvalue weighted by Crippen LogP contribution is 2.18. The molecule has 0 bridgehead atoms. The summed E-state index contributed by atoms with van der Waals surface area (Å²) in [5.41, 5.74) is 13.5. The van der Waals surface area contributed by atoms with Crippen molar-refractivity contribution in [2.75, 3.05) is 13.2 Å². The largest absolute Gasteiger partial charge is 0.494 e. The second kappa shape index (κ2) is 14.7. The van der Waals surface area contributed by atoms with Crippen LogP contribution in [0, 0.1) is 0 Å². The van der Waals surface area contributed by atoms with Crippen molar-refractivity contribution in [3.05, 3.63) is 84.1 Å². The molecule has 0 saturated carbocycles. The number of nitrogens with two attached hydrogens (primary N) is 1. The van der Waals surface area contributed by atoms with Crippen LogP contribution in [0.2, 0.25) is 0 Å². The highest BCUT2D eigenvalue weighted by atomic mass is 16.7. The van der Waals surface area contributed by atoms with Gasteiger partial charge in [-0.05, 0) is 62.1 Å². The smallest absolute Gasteiger partial charge is 0.119 e. The third-order valence-electron chi connectivity index (χ3n) is 5.77. The van der Waals surface area contributed by atoms with Crippen LogP contribution < -0.4 is 16.1 Å². The van der Waals surface area contributed by atoms with Crippen LogP contribution in [0.4, 0.5) is 0 Å². The summed E-state index contributed by atoms with van der Waals surface area (Å²) >= 11 is 0. The number of benzene rings is 2. The number of nitrogens with zero attached hydrogens (tertiary/aromatic N) is 2. The van der Waals surface area contributed by atoms with Gasteiger partial charge in [0.1, 0.15) is 5.75 Å². The van der Waals surface area contributed by atoms with Crippen molar-refractivity contribution in [2.45, 2.75) is 64.8 Å². The van der Waals surface area contributed by atoms with Gasteiger partial charge in [0.05, 0.1) is 24.5 Å². The van der Waals surface area contributed by atoms with E-state index in [0.29, 0.717) is 19.5 Å². The number of hydrazine groups is 1. The van der Waals surface area contributed by atoms with E-state index in [1.807, 2.05) is 61.3 Å². The maximum atomic E-state index is 10.9. The van der Waals surface area contributed by atoms with Gasteiger partial charge in [-0.15, -0.1) is 5.59 Å². The standard InChI is InChI=1S/C29H40N4O3/c1-4-5-18-35-26-15-11-23(12-16-26)19-27(30)29(34)21-33(32-36-22(2)3)20-24-9-13-25(14-10-24)28-8-6-7-17-31-28/h6-17,22,27,29,32,34H,4-5,18-21,30H2,1-3H3. The highest BCUT2D eigenvalue weighted by molar-refractivity contribution is 5.58. The average molecular weight is 493 g/mol. The zero-order valence-electron chi connectivity index (χ0n) is 21.6. The summed E-state index contributed by atoms with van der Waals surface area (Å²) < 4.78 is 5.73. The number of ether oxygens (including phenoxy) is 1. The van der Waals surface area contributed by atoms with Gasteiger partial charge in [-0.2, -0.15) is 0 Å². The average Bonchev–Trinajstić information content (AvgIpc) is 2.89. The third-order valence-corrected chi connectivity index (χ3v) is 5.77. The van der Waals surface area contributed by atoms with E-state index in [1.54, 1.807) is 6.20 Å². The molecular formula is C29H40N4O3. The lowest BCUT2D eigenvalue weighted by Gasteiger charge is -2.28. The molecule has 0 saturated heterocycles. The number of aromatic nitrogens is 1. The zero-order valence-corrected chi connectivity index (χ0v) is 21.6. The lowest BCUT2D eigenvalue weighted by molar-refractivity contribution is -0.127. The van der Waals surface area contributed by atoms with Gasteiger partial charge in [-0.1, -0.05) is 55.8 Å². The fraction of sp³-hybridized carbons (Fsp3) is 0.414. The Kier molecular flexibility index (Phi) is 11.3. The molecule has 0 spiro atoms. The molecule has 7 heteroatoms. The maximum absolute atomic E-state index is 10.9. The Morgan fingerprint density at radius 3 is 2.36 bits per heavy atom. The fourth-order valence-corrected chi connectivity index (χ4v) is 3.67. The Morgan fingerprint density at radius 1 is 1.00 bits per heavy atom. The van der Waals surface area contributed by atoms with E-state index < -0.39 is 12.1 Å². The molecule has 7 nitrogen and oxygen atoms in total. The summed E-state index contributed by atoms with van der Waals surface area (Å²) in [6, 6.07) is 21.6. The fourth-order valence-electron chi connectivity index (χ4n) is 3.67. The molecule has 4 N–H and O–H groups in total. The number of rotatable bonds is 15. The summed E-state index contributed by atoms with van der Waals surface area (Å²) in [6.45, 7) is 7.62. The number of unbranched alkanes of at least 4 members (excludes halogenated alkanes) is 1. The zero-order chi connectivity index (χ0) is 25.8. The monoisotopic (exact) mass is 492 g/mol. The molecule has 0 amide bonds. The quantitative estimate of drug-likeness (QED) is 0.212. The van der Waals surface area contributed by atoms with Crippen LogP contribution in [0.3, 0.4) is 0 Å². The molecule has 0 radical (unpaired) electrons. The molecule has 3 rings (SSSR count). The summed E-state index contributed by atoms with van der Waals surface area (Å²) in [5.74, 6) is 0.858. The molecular weight excluding hydrogens is 452 g/mol. The van der Waals surface area contributed by atoms with Crippen molar-refractivity contribution in [1.82, 2.24) is 15.6 Å². The van der Waals surface area contributed by atoms with Crippen LogP contribution in [0.5, 0.6) is 5.75 Å². The Balaban J connectivity index is 1.57. The predicted molar refractivity (Wildman–Crippen MR) is 144 cm³/mol. The van der Waals surface area contributed by atoms with Crippen molar-refractivity contribution in [2.24, 2.45) is 5.73 Å². The van der Waals surface area contributed by atoms with Crippen LogP contribution >= 0.6 is 0 Å². The summed E-state index contributed by atoms with van der Waals surface area (Å²) in [6.07, 6.45) is 3.74. The minimum absolute atomic E-state index is 0.0112. The molecule has 2 aromatic carbocycles. The molecule has 3 aromatic rings. The normalized spacial score (nSPS) is 13.2. The molecule has 1 heterocycles. The van der Waals surface area contributed by atoms with Crippen LogP contribution in [0.1, 0.15) is 44.7 Å². The molecule has 2 atom stereocenters. The molecule has 36 heavy (non-hydrogen) atoms. The van der Waals surface area contributed by atoms with E-state index in [9.17, 15) is 5.11 Å². The van der Waals surface area contributed by atoms with Gasteiger partial charge >= 0.3 is 0 Å². The number of pyridine rings is 1. The van der Waals surface area contributed by atoms with Crippen molar-refractivity contribution in [1.29, 1.82) is 0 Å². The van der Waals surface area contributed by atoms with E-state index in [4.69, 9.17) is 15.3 Å². The lowest BCUT2D eigenvalue weighted by atomic mass is 10.0.